The van der Waals surface area contributed by atoms with Crippen LogP contribution >= 0.6 is 0 Å². The second-order valence-corrected chi connectivity index (χ2v) is 5.72. The molecule has 0 radical (unpaired) electrons. The summed E-state index contributed by atoms with van der Waals surface area (Å²) >= 11 is 0. The van der Waals surface area contributed by atoms with E-state index in [2.05, 4.69) is 15.0 Å². The molecule has 6 nitrogen and oxygen atoms in total. The zero-order chi connectivity index (χ0) is 15.5. The summed E-state index contributed by atoms with van der Waals surface area (Å²) in [5.74, 6) is -0.178. The number of sulfonamides is 1. The number of aromatic nitrogens is 1. The van der Waals surface area contributed by atoms with Crippen molar-refractivity contribution in [3.8, 4) is 6.07 Å². The van der Waals surface area contributed by atoms with Gasteiger partial charge in [0.15, 0.2) is 0 Å². The molecule has 2 rings (SSSR count). The SMILES string of the molecule is CNc1ccc(S(=O)(=O)Nc2ccc(F)c(C#N)c2)cn1. The lowest BCUT2D eigenvalue weighted by atomic mass is 10.2. The third kappa shape index (κ3) is 3.27. The first-order valence-electron chi connectivity index (χ1n) is 5.82. The van der Waals surface area contributed by atoms with Crippen LogP contribution in [-0.2, 0) is 10.0 Å². The lowest BCUT2D eigenvalue weighted by Crippen LogP contribution is -2.13. The first kappa shape index (κ1) is 14.7. The second kappa shape index (κ2) is 5.76. The monoisotopic (exact) mass is 306 g/mol. The van der Waals surface area contributed by atoms with Crippen LogP contribution in [0.5, 0.6) is 0 Å². The molecule has 0 amide bonds. The van der Waals surface area contributed by atoms with E-state index in [1.54, 1.807) is 13.1 Å². The van der Waals surface area contributed by atoms with Gasteiger partial charge in [0.2, 0.25) is 0 Å². The van der Waals surface area contributed by atoms with Gasteiger partial charge in [0.1, 0.15) is 22.6 Å². The Morgan fingerprint density at radius 1 is 1.29 bits per heavy atom. The lowest BCUT2D eigenvalue weighted by Gasteiger charge is -2.08. The highest BCUT2D eigenvalue weighted by molar-refractivity contribution is 7.92. The minimum Gasteiger partial charge on any atom is -0.373 e. The van der Waals surface area contributed by atoms with Crippen molar-refractivity contribution in [1.82, 2.24) is 4.98 Å². The van der Waals surface area contributed by atoms with Crippen LogP contribution in [0, 0.1) is 17.1 Å². The van der Waals surface area contributed by atoms with E-state index in [1.807, 2.05) is 0 Å². The number of nitrogens with one attached hydrogen (secondary N) is 2. The molecule has 1 aromatic carbocycles. The number of hydrogen-bond acceptors (Lipinski definition) is 5. The molecule has 2 N–H and O–H groups in total. The second-order valence-electron chi connectivity index (χ2n) is 4.04. The molecular formula is C13H11FN4O2S. The van der Waals surface area contributed by atoms with Crippen LogP contribution < -0.4 is 10.0 Å². The maximum Gasteiger partial charge on any atom is 0.263 e. The minimum absolute atomic E-state index is 0.0377. The molecule has 1 heterocycles. The number of rotatable bonds is 4. The van der Waals surface area contributed by atoms with Crippen LogP contribution in [0.3, 0.4) is 0 Å². The van der Waals surface area contributed by atoms with Gasteiger partial charge in [-0.1, -0.05) is 0 Å². The largest absolute Gasteiger partial charge is 0.373 e. The zero-order valence-corrected chi connectivity index (χ0v) is 11.8. The molecule has 8 heteroatoms. The van der Waals surface area contributed by atoms with Crippen LogP contribution in [0.2, 0.25) is 0 Å². The summed E-state index contributed by atoms with van der Waals surface area (Å²) in [6.07, 6.45) is 1.20. The molecule has 108 valence electrons. The average Bonchev–Trinajstić information content (AvgIpc) is 2.49. The highest BCUT2D eigenvalue weighted by Gasteiger charge is 2.15. The van der Waals surface area contributed by atoms with Crippen molar-refractivity contribution in [3.63, 3.8) is 0 Å². The summed E-state index contributed by atoms with van der Waals surface area (Å²) in [7, 11) is -2.18. The average molecular weight is 306 g/mol. The van der Waals surface area contributed by atoms with Crippen molar-refractivity contribution >= 4 is 21.5 Å². The highest BCUT2D eigenvalue weighted by atomic mass is 32.2. The van der Waals surface area contributed by atoms with Crippen LogP contribution in [-0.4, -0.2) is 20.4 Å². The first-order valence-corrected chi connectivity index (χ1v) is 7.31. The minimum atomic E-state index is -3.85. The summed E-state index contributed by atoms with van der Waals surface area (Å²) < 4.78 is 39.7. The van der Waals surface area contributed by atoms with Crippen LogP contribution in [0.25, 0.3) is 0 Å². The maximum absolute atomic E-state index is 13.2. The number of nitriles is 1. The Labute approximate surface area is 121 Å². The van der Waals surface area contributed by atoms with Crippen molar-refractivity contribution in [2.45, 2.75) is 4.90 Å². The molecule has 0 unspecified atom stereocenters. The predicted octanol–water partition coefficient (Wildman–Crippen LogP) is 1.93. The Hall–Kier alpha value is -2.66. The highest BCUT2D eigenvalue weighted by Crippen LogP contribution is 2.19. The number of pyridine rings is 1. The maximum atomic E-state index is 13.2. The molecule has 0 bridgehead atoms. The van der Waals surface area contributed by atoms with Gasteiger partial charge in [0.25, 0.3) is 10.0 Å². The van der Waals surface area contributed by atoms with Gasteiger partial charge in [-0.2, -0.15) is 5.26 Å². The molecule has 0 fully saturated rings. The molecule has 2 aromatic rings. The van der Waals surface area contributed by atoms with Gasteiger partial charge in [0.05, 0.1) is 11.3 Å². The van der Waals surface area contributed by atoms with Gasteiger partial charge in [-0.3, -0.25) is 4.72 Å². The Morgan fingerprint density at radius 3 is 2.62 bits per heavy atom. The van der Waals surface area contributed by atoms with Crippen molar-refractivity contribution in [2.24, 2.45) is 0 Å². The molecule has 0 saturated carbocycles. The van der Waals surface area contributed by atoms with Crippen molar-refractivity contribution in [1.29, 1.82) is 5.26 Å². The fourth-order valence-electron chi connectivity index (χ4n) is 1.58. The van der Waals surface area contributed by atoms with Crippen LogP contribution in [0.1, 0.15) is 5.56 Å². The number of benzene rings is 1. The summed E-state index contributed by atoms with van der Waals surface area (Å²) in [4.78, 5) is 3.87. The fraction of sp³-hybridized carbons (Fsp3) is 0.0769. The van der Waals surface area contributed by atoms with Gasteiger partial charge in [-0.25, -0.2) is 17.8 Å². The fourth-order valence-corrected chi connectivity index (χ4v) is 2.57. The molecule has 0 spiro atoms. The normalized spacial score (nSPS) is 10.7. The van der Waals surface area contributed by atoms with E-state index in [9.17, 15) is 12.8 Å². The Balaban J connectivity index is 2.30. The van der Waals surface area contributed by atoms with E-state index in [4.69, 9.17) is 5.26 Å². The van der Waals surface area contributed by atoms with Gasteiger partial charge in [0, 0.05) is 13.2 Å². The quantitative estimate of drug-likeness (QED) is 0.900. The first-order chi connectivity index (χ1) is 9.96. The zero-order valence-electron chi connectivity index (χ0n) is 11.0. The number of halogens is 1. The van der Waals surface area contributed by atoms with Crippen LogP contribution in [0.4, 0.5) is 15.9 Å². The van der Waals surface area contributed by atoms with Crippen molar-refractivity contribution in [2.75, 3.05) is 17.1 Å². The van der Waals surface area contributed by atoms with E-state index in [1.165, 1.54) is 24.4 Å². The summed E-state index contributed by atoms with van der Waals surface area (Å²) in [6, 6.07) is 7.94. The van der Waals surface area contributed by atoms with E-state index in [0.29, 0.717) is 5.82 Å². The molecule has 0 aliphatic heterocycles. The third-order valence-electron chi connectivity index (χ3n) is 2.64. The summed E-state index contributed by atoms with van der Waals surface area (Å²) in [5.41, 5.74) is -0.135. The lowest BCUT2D eigenvalue weighted by molar-refractivity contribution is 0.600. The van der Waals surface area contributed by atoms with E-state index < -0.39 is 15.8 Å². The van der Waals surface area contributed by atoms with Crippen molar-refractivity contribution in [3.05, 3.63) is 47.9 Å². The molecular weight excluding hydrogens is 295 g/mol. The molecule has 21 heavy (non-hydrogen) atoms. The van der Waals surface area contributed by atoms with Crippen LogP contribution in [0.15, 0.2) is 41.4 Å². The predicted molar refractivity (Wildman–Crippen MR) is 75.7 cm³/mol. The smallest absolute Gasteiger partial charge is 0.263 e. The molecule has 0 atom stereocenters. The van der Waals surface area contributed by atoms with Gasteiger partial charge in [-0.05, 0) is 30.3 Å². The number of anilines is 2. The van der Waals surface area contributed by atoms with Gasteiger partial charge >= 0.3 is 0 Å². The topological polar surface area (TPSA) is 94.9 Å². The van der Waals surface area contributed by atoms with Crippen molar-refractivity contribution < 1.29 is 12.8 Å². The number of nitrogens with zero attached hydrogens (tertiary/aromatic N) is 2. The Bertz CT molecular complexity index is 798. The van der Waals surface area contributed by atoms with E-state index >= 15 is 0 Å². The molecule has 0 aliphatic carbocycles. The summed E-state index contributed by atoms with van der Waals surface area (Å²) in [6.45, 7) is 0. The Kier molecular flexibility index (Phi) is 4.05. The number of hydrogen-bond donors (Lipinski definition) is 2. The van der Waals surface area contributed by atoms with E-state index in [-0.39, 0.29) is 16.1 Å². The van der Waals surface area contributed by atoms with E-state index in [0.717, 1.165) is 12.1 Å². The molecule has 0 aliphatic rings. The Morgan fingerprint density at radius 2 is 2.05 bits per heavy atom. The third-order valence-corrected chi connectivity index (χ3v) is 4.01. The van der Waals surface area contributed by atoms with Gasteiger partial charge in [-0.15, -0.1) is 0 Å². The standard InChI is InChI=1S/C13H11FN4O2S/c1-16-13-5-3-11(8-17-13)21(19,20)18-10-2-4-12(14)9(6-10)7-15/h2-6,8,18H,1H3,(H,16,17). The van der Waals surface area contributed by atoms with Gasteiger partial charge < -0.3 is 5.32 Å². The summed E-state index contributed by atoms with van der Waals surface area (Å²) in [5, 5.41) is 11.5. The molecule has 1 aromatic heterocycles. The molecule has 0 saturated heterocycles.